The van der Waals surface area contributed by atoms with Crippen LogP contribution in [0.1, 0.15) is 6.92 Å². The molecule has 90 valence electrons. The van der Waals surface area contributed by atoms with Gasteiger partial charge >= 0.3 is 0 Å². The van der Waals surface area contributed by atoms with Gasteiger partial charge in [0.25, 0.3) is 0 Å². The first-order chi connectivity index (χ1) is 7.41. The van der Waals surface area contributed by atoms with Gasteiger partial charge in [-0.25, -0.2) is 4.98 Å². The van der Waals surface area contributed by atoms with Crippen LogP contribution in [0.25, 0.3) is 0 Å². The van der Waals surface area contributed by atoms with Gasteiger partial charge in [-0.15, -0.1) is 0 Å². The Labute approximate surface area is 112 Å². The minimum absolute atomic E-state index is 0.163. The molecular formula is C10H14BrClN2OS. The summed E-state index contributed by atoms with van der Waals surface area (Å²) in [7, 11) is 1.12. The summed E-state index contributed by atoms with van der Waals surface area (Å²) < 4.78 is 12.0. The number of aromatic nitrogens is 1. The van der Waals surface area contributed by atoms with Gasteiger partial charge in [0.2, 0.25) is 0 Å². The molecule has 1 aromatic heterocycles. The fourth-order valence-electron chi connectivity index (χ4n) is 1.33. The Hall–Kier alpha value is -0.130. The SMILES string of the molecule is C[C@H](C[S@](C)=O)N(C)c1ncc(Cl)cc1Br. The second kappa shape index (κ2) is 5.98. The Morgan fingerprint density at radius 1 is 1.69 bits per heavy atom. The van der Waals surface area contributed by atoms with Crippen molar-refractivity contribution in [2.45, 2.75) is 13.0 Å². The molecule has 2 atom stereocenters. The van der Waals surface area contributed by atoms with Gasteiger partial charge in [-0.1, -0.05) is 11.6 Å². The van der Waals surface area contributed by atoms with Crippen molar-refractivity contribution < 1.29 is 4.21 Å². The molecule has 1 aromatic rings. The Balaban J connectivity index is 2.87. The van der Waals surface area contributed by atoms with E-state index >= 15 is 0 Å². The molecule has 0 radical (unpaired) electrons. The fraction of sp³-hybridized carbons (Fsp3) is 0.500. The normalized spacial score (nSPS) is 14.6. The van der Waals surface area contributed by atoms with Gasteiger partial charge in [-0.05, 0) is 28.9 Å². The highest BCUT2D eigenvalue weighted by atomic mass is 79.9. The van der Waals surface area contributed by atoms with Gasteiger partial charge in [-0.3, -0.25) is 4.21 Å². The molecule has 6 heteroatoms. The average molecular weight is 326 g/mol. The molecule has 0 amide bonds. The van der Waals surface area contributed by atoms with E-state index in [1.807, 2.05) is 18.9 Å². The lowest BCUT2D eigenvalue weighted by Gasteiger charge is -2.26. The third-order valence-electron chi connectivity index (χ3n) is 2.26. The summed E-state index contributed by atoms with van der Waals surface area (Å²) in [5.41, 5.74) is 0. The van der Waals surface area contributed by atoms with Crippen molar-refractivity contribution in [3.63, 3.8) is 0 Å². The van der Waals surface area contributed by atoms with Crippen molar-refractivity contribution in [1.29, 1.82) is 0 Å². The molecule has 0 aliphatic rings. The second-order valence-electron chi connectivity index (χ2n) is 3.66. The number of nitrogens with zero attached hydrogens (tertiary/aromatic N) is 2. The zero-order chi connectivity index (χ0) is 12.3. The van der Waals surface area contributed by atoms with Crippen LogP contribution < -0.4 is 4.90 Å². The molecule has 0 aromatic carbocycles. The van der Waals surface area contributed by atoms with Gasteiger partial charge in [-0.2, -0.15) is 0 Å². The molecule has 0 unspecified atom stereocenters. The minimum Gasteiger partial charge on any atom is -0.355 e. The summed E-state index contributed by atoms with van der Waals surface area (Å²) >= 11 is 9.24. The van der Waals surface area contributed by atoms with Crippen molar-refractivity contribution in [2.75, 3.05) is 24.0 Å². The van der Waals surface area contributed by atoms with E-state index < -0.39 is 10.8 Å². The average Bonchev–Trinajstić information content (AvgIpc) is 2.15. The lowest BCUT2D eigenvalue weighted by atomic mass is 10.3. The zero-order valence-corrected chi connectivity index (χ0v) is 12.6. The second-order valence-corrected chi connectivity index (χ2v) is 6.43. The predicted molar refractivity (Wildman–Crippen MR) is 73.7 cm³/mol. The van der Waals surface area contributed by atoms with Crippen LogP contribution in [0.3, 0.4) is 0 Å². The highest BCUT2D eigenvalue weighted by Gasteiger charge is 2.15. The quantitative estimate of drug-likeness (QED) is 0.853. The van der Waals surface area contributed by atoms with Crippen LogP contribution in [-0.4, -0.2) is 34.3 Å². The van der Waals surface area contributed by atoms with Crippen LogP contribution in [0.4, 0.5) is 5.82 Å². The summed E-state index contributed by atoms with van der Waals surface area (Å²) in [4.78, 5) is 6.24. The molecule has 3 nitrogen and oxygen atoms in total. The molecule has 0 saturated heterocycles. The number of hydrogen-bond donors (Lipinski definition) is 0. The maximum absolute atomic E-state index is 11.2. The van der Waals surface area contributed by atoms with Gasteiger partial charge < -0.3 is 4.90 Å². The molecule has 0 aliphatic carbocycles. The first kappa shape index (κ1) is 13.9. The van der Waals surface area contributed by atoms with E-state index in [9.17, 15) is 4.21 Å². The summed E-state index contributed by atoms with van der Waals surface area (Å²) in [6.45, 7) is 2.02. The summed E-state index contributed by atoms with van der Waals surface area (Å²) in [5, 5.41) is 0.593. The van der Waals surface area contributed by atoms with E-state index in [2.05, 4.69) is 20.9 Å². The van der Waals surface area contributed by atoms with Gasteiger partial charge in [0.15, 0.2) is 0 Å². The minimum atomic E-state index is -0.812. The molecule has 0 saturated carbocycles. The van der Waals surface area contributed by atoms with Crippen molar-refractivity contribution in [3.8, 4) is 0 Å². The standard InChI is InChI=1S/C10H14BrClN2OS/c1-7(6-16(3)15)14(2)10-9(11)4-8(12)5-13-10/h4-5,7H,6H2,1-3H3/t7-,16+/m1/s1. The first-order valence-corrected chi connectivity index (χ1v) is 7.65. The van der Waals surface area contributed by atoms with Gasteiger partial charge in [0.05, 0.1) is 9.50 Å². The Kier molecular flexibility index (Phi) is 5.21. The van der Waals surface area contributed by atoms with E-state index in [0.29, 0.717) is 10.8 Å². The predicted octanol–water partition coefficient (Wildman–Crippen LogP) is 2.70. The molecule has 0 N–H and O–H groups in total. The molecule has 0 spiro atoms. The summed E-state index contributed by atoms with van der Waals surface area (Å²) in [6.07, 6.45) is 3.31. The fourth-order valence-corrected chi connectivity index (χ4v) is 3.15. The van der Waals surface area contributed by atoms with E-state index in [-0.39, 0.29) is 6.04 Å². The van der Waals surface area contributed by atoms with Gasteiger partial charge in [0, 0.05) is 42.1 Å². The number of anilines is 1. The topological polar surface area (TPSA) is 33.2 Å². The van der Waals surface area contributed by atoms with Crippen LogP contribution in [0.15, 0.2) is 16.7 Å². The Morgan fingerprint density at radius 2 is 2.31 bits per heavy atom. The van der Waals surface area contributed by atoms with Crippen LogP contribution in [0.5, 0.6) is 0 Å². The molecule has 1 heterocycles. The third-order valence-corrected chi connectivity index (χ3v) is 4.00. The third kappa shape index (κ3) is 3.71. The lowest BCUT2D eigenvalue weighted by Crippen LogP contribution is -2.34. The Morgan fingerprint density at radius 3 is 2.81 bits per heavy atom. The van der Waals surface area contributed by atoms with Gasteiger partial charge in [0.1, 0.15) is 5.82 Å². The lowest BCUT2D eigenvalue weighted by molar-refractivity contribution is 0.673. The summed E-state index contributed by atoms with van der Waals surface area (Å²) in [6, 6.07) is 1.96. The number of pyridine rings is 1. The monoisotopic (exact) mass is 324 g/mol. The molecular weight excluding hydrogens is 312 g/mol. The molecule has 1 rings (SSSR count). The molecule has 0 aliphatic heterocycles. The van der Waals surface area contributed by atoms with Crippen LogP contribution in [-0.2, 0) is 10.8 Å². The van der Waals surface area contributed by atoms with E-state index in [1.54, 1.807) is 18.5 Å². The molecule has 0 fully saturated rings. The number of rotatable bonds is 4. The molecule has 0 bridgehead atoms. The van der Waals surface area contributed by atoms with Crippen molar-refractivity contribution in [1.82, 2.24) is 4.98 Å². The van der Waals surface area contributed by atoms with Crippen molar-refractivity contribution in [3.05, 3.63) is 21.8 Å². The van der Waals surface area contributed by atoms with E-state index in [1.165, 1.54) is 0 Å². The smallest absolute Gasteiger partial charge is 0.142 e. The van der Waals surface area contributed by atoms with Crippen LogP contribution >= 0.6 is 27.5 Å². The van der Waals surface area contributed by atoms with Crippen LogP contribution in [0.2, 0.25) is 5.02 Å². The van der Waals surface area contributed by atoms with Crippen molar-refractivity contribution >= 4 is 44.1 Å². The zero-order valence-electron chi connectivity index (χ0n) is 9.41. The Bertz CT molecular complexity index is 402. The molecule has 16 heavy (non-hydrogen) atoms. The maximum atomic E-state index is 11.2. The maximum Gasteiger partial charge on any atom is 0.142 e. The first-order valence-electron chi connectivity index (χ1n) is 4.75. The van der Waals surface area contributed by atoms with E-state index in [0.717, 1.165) is 10.3 Å². The number of halogens is 2. The van der Waals surface area contributed by atoms with Crippen molar-refractivity contribution in [2.24, 2.45) is 0 Å². The van der Waals surface area contributed by atoms with E-state index in [4.69, 9.17) is 11.6 Å². The summed E-state index contributed by atoms with van der Waals surface area (Å²) in [5.74, 6) is 1.43. The highest BCUT2D eigenvalue weighted by Crippen LogP contribution is 2.26. The largest absolute Gasteiger partial charge is 0.355 e. The highest BCUT2D eigenvalue weighted by molar-refractivity contribution is 9.10. The number of hydrogen-bond acceptors (Lipinski definition) is 3. The van der Waals surface area contributed by atoms with Crippen LogP contribution in [0, 0.1) is 0 Å².